The molecule has 5 aromatic rings. The summed E-state index contributed by atoms with van der Waals surface area (Å²) in [5.74, 6) is 1.98. The Hall–Kier alpha value is -5.93. The molecule has 8 rings (SSSR count). The monoisotopic (exact) mass is 779 g/mol. The summed E-state index contributed by atoms with van der Waals surface area (Å²) in [6.07, 6.45) is 3.29. The van der Waals surface area contributed by atoms with Gasteiger partial charge in [0, 0.05) is 29.7 Å². The molecule has 3 aliphatic rings. The second-order valence-electron chi connectivity index (χ2n) is 15.9. The van der Waals surface area contributed by atoms with E-state index in [0.29, 0.717) is 54.9 Å². The summed E-state index contributed by atoms with van der Waals surface area (Å²) in [6, 6.07) is 8.16. The van der Waals surface area contributed by atoms with E-state index in [-0.39, 0.29) is 35.7 Å². The van der Waals surface area contributed by atoms with Crippen molar-refractivity contribution >= 4 is 45.8 Å². The maximum Gasteiger partial charge on any atom is 0.407 e. The van der Waals surface area contributed by atoms with Crippen LogP contribution in [-0.2, 0) is 31.9 Å². The summed E-state index contributed by atoms with van der Waals surface area (Å²) < 4.78 is 16.0. The van der Waals surface area contributed by atoms with Crippen LogP contribution in [0.4, 0.5) is 9.59 Å². The molecule has 4 N–H and O–H groups in total. The van der Waals surface area contributed by atoms with Gasteiger partial charge in [-0.15, -0.1) is 0 Å². The first kappa shape index (κ1) is 38.0. The lowest BCUT2D eigenvalue weighted by Crippen LogP contribution is -2.51. The predicted molar refractivity (Wildman–Crippen MR) is 210 cm³/mol. The van der Waals surface area contributed by atoms with E-state index in [1.165, 1.54) is 14.2 Å². The molecule has 0 spiro atoms. The lowest BCUT2D eigenvalue weighted by atomic mass is 10.0. The molecule has 57 heavy (non-hydrogen) atoms. The van der Waals surface area contributed by atoms with Crippen LogP contribution in [0.25, 0.3) is 44.7 Å². The number of carbonyl (C=O) groups is 4. The summed E-state index contributed by atoms with van der Waals surface area (Å²) >= 11 is 0. The molecule has 1 aliphatic carbocycles. The maximum atomic E-state index is 13.7. The molecule has 0 saturated carbocycles. The molecular weight excluding hydrogens is 731 g/mol. The number of carbonyl (C=O) groups excluding carboxylic acids is 4. The van der Waals surface area contributed by atoms with Crippen molar-refractivity contribution in [3.63, 3.8) is 0 Å². The van der Waals surface area contributed by atoms with E-state index in [9.17, 15) is 19.2 Å². The van der Waals surface area contributed by atoms with Gasteiger partial charge in [-0.3, -0.25) is 9.59 Å². The minimum absolute atomic E-state index is 0.123. The molecule has 0 bridgehead atoms. The highest BCUT2D eigenvalue weighted by Gasteiger charge is 2.40. The van der Waals surface area contributed by atoms with Crippen LogP contribution < -0.4 is 10.6 Å². The fourth-order valence-corrected chi connectivity index (χ4v) is 8.53. The number of likely N-dealkylation sites (tertiary alicyclic amines) is 2. The van der Waals surface area contributed by atoms with Crippen LogP contribution in [0.1, 0.15) is 88.5 Å². The van der Waals surface area contributed by atoms with Gasteiger partial charge in [0.25, 0.3) is 0 Å². The van der Waals surface area contributed by atoms with Gasteiger partial charge in [0.15, 0.2) is 5.76 Å². The summed E-state index contributed by atoms with van der Waals surface area (Å²) in [7, 11) is 2.57. The van der Waals surface area contributed by atoms with E-state index in [1.54, 1.807) is 0 Å². The Kier molecular flexibility index (Phi) is 10.1. The van der Waals surface area contributed by atoms with Crippen molar-refractivity contribution in [1.82, 2.24) is 45.4 Å². The second-order valence-corrected chi connectivity index (χ2v) is 15.9. The van der Waals surface area contributed by atoms with E-state index >= 15 is 0 Å². The van der Waals surface area contributed by atoms with Gasteiger partial charge < -0.3 is 44.3 Å². The number of H-pyrrole nitrogens is 2. The summed E-state index contributed by atoms with van der Waals surface area (Å²) in [5.41, 5.74) is 4.99. The first-order valence-electron chi connectivity index (χ1n) is 19.8. The number of aromatic nitrogens is 5. The summed E-state index contributed by atoms with van der Waals surface area (Å²) in [4.78, 5) is 77.1. The van der Waals surface area contributed by atoms with E-state index in [2.05, 4.69) is 20.6 Å². The Bertz CT molecular complexity index is 2360. The third-order valence-electron chi connectivity index (χ3n) is 11.5. The van der Waals surface area contributed by atoms with Crippen molar-refractivity contribution in [2.24, 2.45) is 11.8 Å². The Balaban J connectivity index is 1.04. The predicted octanol–water partition coefficient (Wildman–Crippen LogP) is 5.95. The Morgan fingerprint density at radius 1 is 0.789 bits per heavy atom. The van der Waals surface area contributed by atoms with Crippen molar-refractivity contribution in [2.75, 3.05) is 27.3 Å². The molecule has 2 fully saturated rings. The van der Waals surface area contributed by atoms with E-state index in [0.717, 1.165) is 64.4 Å². The molecule has 0 unspecified atom stereocenters. The van der Waals surface area contributed by atoms with Crippen LogP contribution in [0.3, 0.4) is 0 Å². The first-order valence-corrected chi connectivity index (χ1v) is 19.8. The number of aromatic amines is 2. The number of rotatable bonds is 9. The van der Waals surface area contributed by atoms with Gasteiger partial charge in [-0.2, -0.15) is 0 Å². The van der Waals surface area contributed by atoms with Gasteiger partial charge in [-0.25, -0.2) is 24.5 Å². The molecule has 0 radical (unpaired) electrons. The minimum atomic E-state index is -0.714. The Morgan fingerprint density at radius 2 is 1.40 bits per heavy atom. The number of ether oxygens (including phenoxy) is 2. The highest BCUT2D eigenvalue weighted by Crippen LogP contribution is 2.40. The molecular formula is C41H49N9O7. The van der Waals surface area contributed by atoms with Gasteiger partial charge in [-0.05, 0) is 73.9 Å². The number of hydrogen-bond acceptors (Lipinski definition) is 10. The van der Waals surface area contributed by atoms with E-state index in [1.807, 2.05) is 67.8 Å². The van der Waals surface area contributed by atoms with Crippen LogP contribution in [-0.4, -0.2) is 98.1 Å². The van der Waals surface area contributed by atoms with Crippen molar-refractivity contribution in [3.8, 4) is 22.9 Å². The van der Waals surface area contributed by atoms with Crippen molar-refractivity contribution < 1.29 is 33.1 Å². The molecule has 4 amide bonds. The van der Waals surface area contributed by atoms with Crippen LogP contribution in [0.5, 0.6) is 0 Å². The molecule has 2 saturated heterocycles. The van der Waals surface area contributed by atoms with Crippen molar-refractivity contribution in [3.05, 3.63) is 53.4 Å². The second kappa shape index (κ2) is 15.2. The number of oxazole rings is 1. The number of benzene rings is 2. The third-order valence-corrected chi connectivity index (χ3v) is 11.5. The van der Waals surface area contributed by atoms with Crippen molar-refractivity contribution in [2.45, 2.75) is 90.4 Å². The number of hydrogen-bond donors (Lipinski definition) is 4. The van der Waals surface area contributed by atoms with E-state index in [4.69, 9.17) is 28.8 Å². The zero-order chi connectivity index (χ0) is 40.1. The number of fused-ring (bicyclic) bond motifs is 6. The number of aryl methyl sites for hydroxylation is 2. The lowest BCUT2D eigenvalue weighted by Gasteiger charge is -2.30. The quantitative estimate of drug-likeness (QED) is 0.139. The van der Waals surface area contributed by atoms with Crippen LogP contribution >= 0.6 is 0 Å². The average Bonchev–Trinajstić information content (AvgIpc) is 4.05. The fraction of sp³-hybridized carbons (Fsp3) is 0.488. The maximum absolute atomic E-state index is 13.7. The molecule has 2 aromatic carbocycles. The molecule has 16 nitrogen and oxygen atoms in total. The summed E-state index contributed by atoms with van der Waals surface area (Å²) in [5, 5.41) is 7.33. The number of methoxy groups -OCH3 is 2. The molecule has 3 aromatic heterocycles. The highest BCUT2D eigenvalue weighted by atomic mass is 16.5. The average molecular weight is 780 g/mol. The van der Waals surface area contributed by atoms with Gasteiger partial charge in [0.1, 0.15) is 29.4 Å². The number of nitrogens with one attached hydrogen (secondary N) is 4. The molecule has 5 heterocycles. The highest BCUT2D eigenvalue weighted by molar-refractivity contribution is 6.05. The number of amides is 4. The number of alkyl carbamates (subject to hydrolysis) is 2. The van der Waals surface area contributed by atoms with E-state index < -0.39 is 24.3 Å². The topological polar surface area (TPSA) is 201 Å². The van der Waals surface area contributed by atoms with Crippen molar-refractivity contribution in [1.29, 1.82) is 0 Å². The van der Waals surface area contributed by atoms with Crippen LogP contribution in [0.2, 0.25) is 0 Å². The number of nitrogens with zero attached hydrogens (tertiary/aromatic N) is 5. The largest absolute Gasteiger partial charge is 0.453 e. The molecule has 16 heteroatoms. The molecule has 300 valence electrons. The van der Waals surface area contributed by atoms with Gasteiger partial charge in [0.2, 0.25) is 17.7 Å². The van der Waals surface area contributed by atoms with Crippen LogP contribution in [0, 0.1) is 11.8 Å². The zero-order valence-electron chi connectivity index (χ0n) is 33.1. The SMILES string of the molecule is COC(=O)N[C@H](C(=O)N1CCC[C@H]1c1nc2c([nH]1)CCc1nc(-c3ccc4c(ccc5[nH]c([C@@H]6CCCN6C(=O)[C@@H](NC(=O)OC)C(C)C)nc54)c3)oc1-2)C(C)C. The van der Waals surface area contributed by atoms with Gasteiger partial charge in [-0.1, -0.05) is 39.8 Å². The minimum Gasteiger partial charge on any atom is -0.453 e. The number of imidazole rings is 2. The van der Waals surface area contributed by atoms with Gasteiger partial charge in [0.05, 0.1) is 43.0 Å². The third kappa shape index (κ3) is 6.95. The normalized spacial score (nSPS) is 18.9. The van der Waals surface area contributed by atoms with Gasteiger partial charge >= 0.3 is 12.2 Å². The molecule has 4 atom stereocenters. The zero-order valence-corrected chi connectivity index (χ0v) is 33.1. The fourth-order valence-electron chi connectivity index (χ4n) is 8.53. The lowest BCUT2D eigenvalue weighted by molar-refractivity contribution is -0.136. The summed E-state index contributed by atoms with van der Waals surface area (Å²) in [6.45, 7) is 8.74. The first-order chi connectivity index (χ1) is 27.4. The van der Waals surface area contributed by atoms with Crippen LogP contribution in [0.15, 0.2) is 34.7 Å². The molecule has 2 aliphatic heterocycles. The Morgan fingerprint density at radius 3 is 2.00 bits per heavy atom. The smallest absolute Gasteiger partial charge is 0.407 e. The Labute approximate surface area is 329 Å². The standard InChI is InChI=1S/C41H49N9O7/c1-20(2)30(47-40(53)55-5)38(51)49-17-7-9-28(49)35-42-25-14-12-22-19-23(11-13-24(22)32(25)45-35)37-44-27-16-15-26-33(34(27)57-37)46-36(43-26)29-10-8-18-50(29)39(52)31(21(3)4)48-41(54)56-6/h11-14,19-21,28-31H,7-10,15-18H2,1-6H3,(H,42,45)(H,43,46)(H,47,53)(H,48,54)/t28-,29-,30-,31-/m0/s1.